The molecule has 138 valence electrons. The Morgan fingerprint density at radius 2 is 2.00 bits per heavy atom. The first kappa shape index (κ1) is 17.0. The maximum Gasteiger partial charge on any atom is 0.322 e. The second kappa shape index (κ2) is 7.82. The highest BCUT2D eigenvalue weighted by Gasteiger charge is 2.29. The summed E-state index contributed by atoms with van der Waals surface area (Å²) >= 11 is 0. The highest BCUT2D eigenvalue weighted by molar-refractivity contribution is 5.90. The molecular weight excluding hydrogens is 330 g/mol. The van der Waals surface area contributed by atoms with Crippen molar-refractivity contribution >= 4 is 11.7 Å². The molecule has 2 aromatic rings. The summed E-state index contributed by atoms with van der Waals surface area (Å²) < 4.78 is 1.58. The van der Waals surface area contributed by atoms with Crippen molar-refractivity contribution in [1.29, 1.82) is 0 Å². The molecule has 1 N–H and O–H groups in total. The molecule has 26 heavy (non-hydrogen) atoms. The average molecular weight is 355 g/mol. The lowest BCUT2D eigenvalue weighted by atomic mass is 10.0. The third-order valence-corrected chi connectivity index (χ3v) is 5.27. The minimum absolute atomic E-state index is 0.0113. The molecule has 0 aliphatic carbocycles. The number of benzene rings is 1. The SMILES string of the molecule is O=C(Nc1cccc(-n2cnnn2)c1)N1CCCC[C@H]1CN1CCCC1. The van der Waals surface area contributed by atoms with Gasteiger partial charge < -0.3 is 15.1 Å². The number of hydrogen-bond donors (Lipinski definition) is 1. The number of hydrogen-bond acceptors (Lipinski definition) is 5. The second-order valence-corrected chi connectivity index (χ2v) is 7.09. The van der Waals surface area contributed by atoms with E-state index in [4.69, 9.17) is 0 Å². The molecule has 8 heteroatoms. The summed E-state index contributed by atoms with van der Waals surface area (Å²) in [7, 11) is 0. The van der Waals surface area contributed by atoms with Crippen molar-refractivity contribution in [2.45, 2.75) is 38.1 Å². The number of aromatic nitrogens is 4. The van der Waals surface area contributed by atoms with Crippen molar-refractivity contribution in [1.82, 2.24) is 30.0 Å². The van der Waals surface area contributed by atoms with E-state index in [0.717, 1.165) is 37.3 Å². The number of nitrogens with zero attached hydrogens (tertiary/aromatic N) is 6. The number of carbonyl (C=O) groups excluding carboxylic acids is 1. The van der Waals surface area contributed by atoms with Crippen LogP contribution in [-0.4, -0.2) is 68.3 Å². The molecule has 1 aromatic heterocycles. The van der Waals surface area contributed by atoms with E-state index in [0.29, 0.717) is 6.04 Å². The normalized spacial score (nSPS) is 21.1. The van der Waals surface area contributed by atoms with Crippen LogP contribution in [0.25, 0.3) is 5.69 Å². The molecule has 4 rings (SSSR count). The predicted octanol–water partition coefficient (Wildman–Crippen LogP) is 2.14. The van der Waals surface area contributed by atoms with Crippen LogP contribution in [0.5, 0.6) is 0 Å². The van der Waals surface area contributed by atoms with Crippen molar-refractivity contribution in [3.05, 3.63) is 30.6 Å². The number of anilines is 1. The quantitative estimate of drug-likeness (QED) is 0.909. The Morgan fingerprint density at radius 1 is 1.15 bits per heavy atom. The molecule has 3 heterocycles. The largest absolute Gasteiger partial charge is 0.322 e. The van der Waals surface area contributed by atoms with Gasteiger partial charge in [-0.1, -0.05) is 6.07 Å². The Labute approximate surface area is 153 Å². The molecule has 0 unspecified atom stereocenters. The van der Waals surface area contributed by atoms with Crippen LogP contribution in [0, 0.1) is 0 Å². The van der Waals surface area contributed by atoms with E-state index < -0.39 is 0 Å². The molecule has 0 bridgehead atoms. The highest BCUT2D eigenvalue weighted by atomic mass is 16.2. The zero-order valence-corrected chi connectivity index (χ0v) is 14.9. The van der Waals surface area contributed by atoms with Gasteiger partial charge in [0.15, 0.2) is 0 Å². The Bertz CT molecular complexity index is 727. The molecule has 8 nitrogen and oxygen atoms in total. The van der Waals surface area contributed by atoms with Crippen LogP contribution in [-0.2, 0) is 0 Å². The number of likely N-dealkylation sites (tertiary alicyclic amines) is 2. The lowest BCUT2D eigenvalue weighted by Gasteiger charge is -2.37. The van der Waals surface area contributed by atoms with Gasteiger partial charge in [0, 0.05) is 24.8 Å². The van der Waals surface area contributed by atoms with Gasteiger partial charge in [0.05, 0.1) is 5.69 Å². The van der Waals surface area contributed by atoms with Crippen LogP contribution in [0.1, 0.15) is 32.1 Å². The number of urea groups is 1. The monoisotopic (exact) mass is 355 g/mol. The number of nitrogens with one attached hydrogen (secondary N) is 1. The van der Waals surface area contributed by atoms with Crippen LogP contribution in [0.2, 0.25) is 0 Å². The summed E-state index contributed by atoms with van der Waals surface area (Å²) in [5, 5.41) is 14.3. The molecule has 1 aromatic carbocycles. The summed E-state index contributed by atoms with van der Waals surface area (Å²) in [5.74, 6) is 0. The summed E-state index contributed by atoms with van der Waals surface area (Å²) in [5.41, 5.74) is 1.58. The number of carbonyl (C=O) groups is 1. The average Bonchev–Trinajstić information content (AvgIpc) is 3.36. The van der Waals surface area contributed by atoms with Crippen molar-refractivity contribution in [2.75, 3.05) is 31.5 Å². The molecule has 2 amide bonds. The third kappa shape index (κ3) is 3.85. The Hall–Kier alpha value is -2.48. The van der Waals surface area contributed by atoms with Crippen LogP contribution in [0.15, 0.2) is 30.6 Å². The van der Waals surface area contributed by atoms with Gasteiger partial charge >= 0.3 is 6.03 Å². The minimum atomic E-state index is -0.0113. The van der Waals surface area contributed by atoms with Crippen LogP contribution >= 0.6 is 0 Å². The Balaban J connectivity index is 1.43. The van der Waals surface area contributed by atoms with E-state index in [9.17, 15) is 4.79 Å². The summed E-state index contributed by atoms with van der Waals surface area (Å²) in [6.07, 6.45) is 7.48. The van der Waals surface area contributed by atoms with E-state index in [1.807, 2.05) is 29.2 Å². The van der Waals surface area contributed by atoms with E-state index in [2.05, 4.69) is 25.7 Å². The highest BCUT2D eigenvalue weighted by Crippen LogP contribution is 2.22. The fraction of sp³-hybridized carbons (Fsp3) is 0.556. The lowest BCUT2D eigenvalue weighted by Crippen LogP contribution is -2.50. The standard InChI is InChI=1S/C18H25N7O/c26-18(20-15-6-5-8-16(12-15)25-14-19-21-22-25)24-11-2-1-7-17(24)13-23-9-3-4-10-23/h5-6,8,12,14,17H,1-4,7,9-11,13H2,(H,20,26)/t17-/m0/s1. The van der Waals surface area contributed by atoms with Gasteiger partial charge in [0.1, 0.15) is 6.33 Å². The topological polar surface area (TPSA) is 79.2 Å². The van der Waals surface area contributed by atoms with Crippen molar-refractivity contribution in [2.24, 2.45) is 0 Å². The van der Waals surface area contributed by atoms with Crippen molar-refractivity contribution in [3.8, 4) is 5.69 Å². The summed E-state index contributed by atoms with van der Waals surface area (Å²) in [4.78, 5) is 17.4. The van der Waals surface area contributed by atoms with E-state index >= 15 is 0 Å². The van der Waals surface area contributed by atoms with Crippen molar-refractivity contribution in [3.63, 3.8) is 0 Å². The summed E-state index contributed by atoms with van der Waals surface area (Å²) in [6.45, 7) is 4.16. The molecule has 2 saturated heterocycles. The fourth-order valence-electron chi connectivity index (χ4n) is 3.92. The molecule has 1 atom stereocenters. The number of tetrazole rings is 1. The summed E-state index contributed by atoms with van der Waals surface area (Å²) in [6, 6.07) is 7.87. The predicted molar refractivity (Wildman–Crippen MR) is 98.2 cm³/mol. The lowest BCUT2D eigenvalue weighted by molar-refractivity contribution is 0.136. The molecular formula is C18H25N7O. The smallest absolute Gasteiger partial charge is 0.320 e. The van der Waals surface area contributed by atoms with Crippen LogP contribution in [0.3, 0.4) is 0 Å². The molecule has 2 aliphatic heterocycles. The zero-order chi connectivity index (χ0) is 17.8. The number of rotatable bonds is 4. The van der Waals surface area contributed by atoms with Gasteiger partial charge in [-0.2, -0.15) is 0 Å². The second-order valence-electron chi connectivity index (χ2n) is 7.09. The van der Waals surface area contributed by atoms with E-state index in [1.165, 1.54) is 38.7 Å². The molecule has 2 aliphatic rings. The van der Waals surface area contributed by atoms with E-state index in [-0.39, 0.29) is 6.03 Å². The molecule has 0 saturated carbocycles. The zero-order valence-electron chi connectivity index (χ0n) is 14.9. The third-order valence-electron chi connectivity index (χ3n) is 5.27. The van der Waals surface area contributed by atoms with Crippen LogP contribution in [0.4, 0.5) is 10.5 Å². The maximum atomic E-state index is 12.9. The van der Waals surface area contributed by atoms with Gasteiger partial charge in [0.25, 0.3) is 0 Å². The Morgan fingerprint density at radius 3 is 2.81 bits per heavy atom. The fourth-order valence-corrected chi connectivity index (χ4v) is 3.92. The van der Waals surface area contributed by atoms with Gasteiger partial charge in [-0.15, -0.1) is 5.10 Å². The molecule has 0 radical (unpaired) electrons. The molecule has 0 spiro atoms. The molecule has 2 fully saturated rings. The maximum absolute atomic E-state index is 12.9. The van der Waals surface area contributed by atoms with Gasteiger partial charge in [-0.25, -0.2) is 9.48 Å². The van der Waals surface area contributed by atoms with Gasteiger partial charge in [0.2, 0.25) is 0 Å². The Kier molecular flexibility index (Phi) is 5.10. The first-order chi connectivity index (χ1) is 12.8. The number of amides is 2. The van der Waals surface area contributed by atoms with Gasteiger partial charge in [-0.05, 0) is 73.8 Å². The first-order valence-electron chi connectivity index (χ1n) is 9.43. The van der Waals surface area contributed by atoms with E-state index in [1.54, 1.807) is 4.68 Å². The number of piperidine rings is 1. The first-order valence-corrected chi connectivity index (χ1v) is 9.43. The minimum Gasteiger partial charge on any atom is -0.320 e. The van der Waals surface area contributed by atoms with Gasteiger partial charge in [-0.3, -0.25) is 0 Å². The van der Waals surface area contributed by atoms with Crippen LogP contribution < -0.4 is 5.32 Å². The van der Waals surface area contributed by atoms with Crippen molar-refractivity contribution < 1.29 is 4.79 Å².